The molecule has 1 atom stereocenters. The van der Waals surface area contributed by atoms with Crippen LogP contribution in [-0.4, -0.2) is 17.5 Å². The minimum absolute atomic E-state index is 0.127. The fraction of sp³-hybridized carbons (Fsp3) is 0.231. The van der Waals surface area contributed by atoms with Gasteiger partial charge in [0, 0.05) is 6.42 Å². The van der Waals surface area contributed by atoms with Crippen LogP contribution in [0.3, 0.4) is 0 Å². The number of hydrogen-bond donors (Lipinski definition) is 2. The van der Waals surface area contributed by atoms with Crippen molar-refractivity contribution in [2.24, 2.45) is 5.73 Å². The lowest BCUT2D eigenvalue weighted by Crippen LogP contribution is -2.62. The minimum atomic E-state index is -1.55. The number of carbonyl (C=O) groups is 2. The first-order valence-electron chi connectivity index (χ1n) is 5.59. The molecular weight excluding hydrogens is 232 g/mol. The third-order valence-electron chi connectivity index (χ3n) is 2.58. The van der Waals surface area contributed by atoms with Crippen LogP contribution in [0.25, 0.3) is 0 Å². The number of benzene rings is 1. The fourth-order valence-electron chi connectivity index (χ4n) is 1.64. The molecule has 5 nitrogen and oxygen atoms in total. The standard InChI is InChI=1S/C13H14N2O3/c14-13(8-4-7-11(16)15-13)12(17)18-9-10-5-2-1-3-6-10/h1-6,8H,7,9,14H2,(H,15,16). The number of nitrogens with one attached hydrogen (secondary N) is 1. The van der Waals surface area contributed by atoms with E-state index < -0.39 is 11.6 Å². The Kier molecular flexibility index (Phi) is 3.43. The second kappa shape index (κ2) is 5.01. The molecule has 0 spiro atoms. The maximum absolute atomic E-state index is 11.8. The highest BCUT2D eigenvalue weighted by molar-refractivity contribution is 5.91. The lowest BCUT2D eigenvalue weighted by molar-refractivity contribution is -0.152. The van der Waals surface area contributed by atoms with E-state index in [-0.39, 0.29) is 18.9 Å². The maximum Gasteiger partial charge on any atom is 0.351 e. The third kappa shape index (κ3) is 2.75. The summed E-state index contributed by atoms with van der Waals surface area (Å²) in [6.07, 6.45) is 3.23. The molecule has 0 saturated carbocycles. The van der Waals surface area contributed by atoms with Crippen molar-refractivity contribution in [1.82, 2.24) is 5.32 Å². The summed E-state index contributed by atoms with van der Waals surface area (Å²) in [4.78, 5) is 23.0. The van der Waals surface area contributed by atoms with Crippen LogP contribution in [0.15, 0.2) is 42.5 Å². The van der Waals surface area contributed by atoms with Crippen LogP contribution >= 0.6 is 0 Å². The molecule has 1 aromatic rings. The van der Waals surface area contributed by atoms with Crippen LogP contribution in [0.2, 0.25) is 0 Å². The molecule has 1 aliphatic rings. The highest BCUT2D eigenvalue weighted by Gasteiger charge is 2.36. The predicted octanol–water partition coefficient (Wildman–Crippen LogP) is 0.461. The zero-order chi connectivity index (χ0) is 13.0. The molecule has 1 amide bonds. The van der Waals surface area contributed by atoms with E-state index in [1.807, 2.05) is 30.3 Å². The van der Waals surface area contributed by atoms with Gasteiger partial charge < -0.3 is 10.1 Å². The highest BCUT2D eigenvalue weighted by Crippen LogP contribution is 2.10. The molecule has 94 valence electrons. The largest absolute Gasteiger partial charge is 0.458 e. The minimum Gasteiger partial charge on any atom is -0.458 e. The number of nitrogens with two attached hydrogens (primary N) is 1. The third-order valence-corrected chi connectivity index (χ3v) is 2.58. The number of carbonyl (C=O) groups excluding carboxylic acids is 2. The zero-order valence-electron chi connectivity index (χ0n) is 9.76. The van der Waals surface area contributed by atoms with Gasteiger partial charge >= 0.3 is 5.97 Å². The van der Waals surface area contributed by atoms with Crippen LogP contribution < -0.4 is 11.1 Å². The Balaban J connectivity index is 1.98. The summed E-state index contributed by atoms with van der Waals surface area (Å²) in [5.74, 6) is -0.965. The van der Waals surface area contributed by atoms with Crippen LogP contribution in [0.5, 0.6) is 0 Å². The Labute approximate surface area is 105 Å². The van der Waals surface area contributed by atoms with Crippen molar-refractivity contribution >= 4 is 11.9 Å². The van der Waals surface area contributed by atoms with Crippen molar-refractivity contribution in [2.45, 2.75) is 18.7 Å². The summed E-state index contributed by atoms with van der Waals surface area (Å²) >= 11 is 0. The topological polar surface area (TPSA) is 81.4 Å². The SMILES string of the molecule is NC1(C(=O)OCc2ccccc2)C=CCC(=O)N1. The molecule has 1 aliphatic heterocycles. The van der Waals surface area contributed by atoms with Crippen LogP contribution in [0.1, 0.15) is 12.0 Å². The van der Waals surface area contributed by atoms with E-state index in [0.29, 0.717) is 0 Å². The molecule has 5 heteroatoms. The van der Waals surface area contributed by atoms with Crippen molar-refractivity contribution in [2.75, 3.05) is 0 Å². The Hall–Kier alpha value is -2.14. The predicted molar refractivity (Wildman–Crippen MR) is 65.1 cm³/mol. The molecule has 2 rings (SSSR count). The van der Waals surface area contributed by atoms with Gasteiger partial charge in [-0.2, -0.15) is 0 Å². The van der Waals surface area contributed by atoms with Gasteiger partial charge in [-0.25, -0.2) is 4.79 Å². The van der Waals surface area contributed by atoms with Crippen molar-refractivity contribution in [3.63, 3.8) is 0 Å². The van der Waals surface area contributed by atoms with E-state index in [2.05, 4.69) is 5.32 Å². The number of hydrogen-bond acceptors (Lipinski definition) is 4. The number of ether oxygens (including phenoxy) is 1. The van der Waals surface area contributed by atoms with Crippen molar-refractivity contribution in [1.29, 1.82) is 0 Å². The first-order chi connectivity index (χ1) is 8.60. The molecule has 3 N–H and O–H groups in total. The highest BCUT2D eigenvalue weighted by atomic mass is 16.5. The normalized spacial score (nSPS) is 22.4. The summed E-state index contributed by atoms with van der Waals surface area (Å²) in [7, 11) is 0. The van der Waals surface area contributed by atoms with E-state index in [1.54, 1.807) is 6.08 Å². The summed E-state index contributed by atoms with van der Waals surface area (Å²) in [5, 5.41) is 2.41. The summed E-state index contributed by atoms with van der Waals surface area (Å²) in [5.41, 5.74) is 5.07. The monoisotopic (exact) mass is 246 g/mol. The zero-order valence-corrected chi connectivity index (χ0v) is 9.76. The smallest absolute Gasteiger partial charge is 0.351 e. The van der Waals surface area contributed by atoms with Crippen molar-refractivity contribution in [3.05, 3.63) is 48.0 Å². The van der Waals surface area contributed by atoms with Gasteiger partial charge in [-0.1, -0.05) is 36.4 Å². The van der Waals surface area contributed by atoms with E-state index in [1.165, 1.54) is 6.08 Å². The average molecular weight is 246 g/mol. The van der Waals surface area contributed by atoms with Gasteiger partial charge in [0.2, 0.25) is 11.6 Å². The van der Waals surface area contributed by atoms with Crippen molar-refractivity contribution in [3.8, 4) is 0 Å². The Bertz CT molecular complexity index is 484. The first-order valence-corrected chi connectivity index (χ1v) is 5.59. The molecule has 1 heterocycles. The van der Waals surface area contributed by atoms with E-state index >= 15 is 0 Å². The molecule has 0 aliphatic carbocycles. The molecule has 0 aromatic heterocycles. The second-order valence-corrected chi connectivity index (χ2v) is 4.09. The summed E-state index contributed by atoms with van der Waals surface area (Å²) < 4.78 is 5.09. The number of esters is 1. The van der Waals surface area contributed by atoms with E-state index in [9.17, 15) is 9.59 Å². The molecular formula is C13H14N2O3. The van der Waals surface area contributed by atoms with Crippen LogP contribution in [0, 0.1) is 0 Å². The van der Waals surface area contributed by atoms with Gasteiger partial charge in [0.05, 0.1) is 0 Å². The molecule has 0 fully saturated rings. The van der Waals surface area contributed by atoms with Gasteiger partial charge in [-0.3, -0.25) is 10.5 Å². The van der Waals surface area contributed by atoms with Gasteiger partial charge in [-0.05, 0) is 11.6 Å². The molecule has 0 bridgehead atoms. The Morgan fingerprint density at radius 1 is 1.39 bits per heavy atom. The van der Waals surface area contributed by atoms with Gasteiger partial charge in [0.1, 0.15) is 6.61 Å². The van der Waals surface area contributed by atoms with Crippen LogP contribution in [-0.2, 0) is 20.9 Å². The fourth-order valence-corrected chi connectivity index (χ4v) is 1.64. The molecule has 18 heavy (non-hydrogen) atoms. The lowest BCUT2D eigenvalue weighted by atomic mass is 10.1. The molecule has 0 radical (unpaired) electrons. The quantitative estimate of drug-likeness (QED) is 0.599. The Morgan fingerprint density at radius 3 is 2.78 bits per heavy atom. The first kappa shape index (κ1) is 12.3. The lowest BCUT2D eigenvalue weighted by Gasteiger charge is -2.27. The van der Waals surface area contributed by atoms with Crippen LogP contribution in [0.4, 0.5) is 0 Å². The maximum atomic E-state index is 11.8. The molecule has 0 saturated heterocycles. The number of amides is 1. The van der Waals surface area contributed by atoms with Gasteiger partial charge in [0.15, 0.2) is 0 Å². The molecule has 1 unspecified atom stereocenters. The second-order valence-electron chi connectivity index (χ2n) is 4.09. The molecule has 1 aromatic carbocycles. The average Bonchev–Trinajstić information content (AvgIpc) is 2.37. The van der Waals surface area contributed by atoms with Crippen molar-refractivity contribution < 1.29 is 14.3 Å². The summed E-state index contributed by atoms with van der Waals surface area (Å²) in [6.45, 7) is 0.127. The number of rotatable bonds is 3. The summed E-state index contributed by atoms with van der Waals surface area (Å²) in [6, 6.07) is 9.25. The van der Waals surface area contributed by atoms with E-state index in [4.69, 9.17) is 10.5 Å². The van der Waals surface area contributed by atoms with Gasteiger partial charge in [0.25, 0.3) is 0 Å². The Morgan fingerprint density at radius 2 is 2.11 bits per heavy atom. The van der Waals surface area contributed by atoms with E-state index in [0.717, 1.165) is 5.56 Å². The van der Waals surface area contributed by atoms with Gasteiger partial charge in [-0.15, -0.1) is 0 Å².